The highest BCUT2D eigenvalue weighted by Gasteiger charge is 1.85. The van der Waals surface area contributed by atoms with Gasteiger partial charge in [0.05, 0.1) is 5.51 Å². The van der Waals surface area contributed by atoms with E-state index < -0.39 is 0 Å². The average Bonchev–Trinajstić information content (AvgIpc) is 2.14. The summed E-state index contributed by atoms with van der Waals surface area (Å²) in [7, 11) is 0. The molecular formula is C4H4INS. The highest BCUT2D eigenvalue weighted by atomic mass is 127. The number of nitrogens with zero attached hydrogens (tertiary/aromatic N) is 1. The van der Waals surface area contributed by atoms with E-state index in [4.69, 9.17) is 0 Å². The summed E-state index contributed by atoms with van der Waals surface area (Å²) in [4.78, 5) is 5.25. The first-order chi connectivity index (χ1) is 3.43. The maximum absolute atomic E-state index is 3.91. The van der Waals surface area contributed by atoms with Crippen LogP contribution in [0, 0.1) is 0 Å². The van der Waals surface area contributed by atoms with Crippen LogP contribution in [0.15, 0.2) is 11.7 Å². The second-order valence-corrected chi connectivity index (χ2v) is 2.84. The molecule has 1 aromatic heterocycles. The summed E-state index contributed by atoms with van der Waals surface area (Å²) in [5.74, 6) is 0. The molecule has 0 unspecified atom stereocenters. The van der Waals surface area contributed by atoms with Gasteiger partial charge in [0.15, 0.2) is 0 Å². The molecule has 7 heavy (non-hydrogen) atoms. The zero-order valence-corrected chi connectivity index (χ0v) is 6.57. The summed E-state index contributed by atoms with van der Waals surface area (Å²) in [5, 5.41) is 0. The van der Waals surface area contributed by atoms with Gasteiger partial charge in [0, 0.05) is 15.5 Å². The lowest BCUT2D eigenvalue weighted by atomic mass is 10.7. The van der Waals surface area contributed by atoms with Crippen LogP contribution in [0.1, 0.15) is 4.88 Å². The Morgan fingerprint density at radius 1 is 1.86 bits per heavy atom. The van der Waals surface area contributed by atoms with Gasteiger partial charge in [0.25, 0.3) is 0 Å². The molecule has 0 atom stereocenters. The minimum atomic E-state index is 1.09. The number of halogens is 1. The fraction of sp³-hybridized carbons (Fsp3) is 0.250. The third kappa shape index (κ3) is 1.38. The van der Waals surface area contributed by atoms with Gasteiger partial charge in [-0.25, -0.2) is 0 Å². The SMILES string of the molecule is ICc1cncs1. The molecule has 3 heteroatoms. The summed E-state index contributed by atoms with van der Waals surface area (Å²) < 4.78 is 1.09. The molecule has 0 spiro atoms. The number of thiazole rings is 1. The summed E-state index contributed by atoms with van der Waals surface area (Å²) >= 11 is 4.02. The van der Waals surface area contributed by atoms with Crippen LogP contribution in [0.5, 0.6) is 0 Å². The van der Waals surface area contributed by atoms with Gasteiger partial charge in [-0.3, -0.25) is 4.98 Å². The van der Waals surface area contributed by atoms with Crippen LogP contribution >= 0.6 is 33.9 Å². The molecule has 38 valence electrons. The first kappa shape index (κ1) is 5.50. The maximum Gasteiger partial charge on any atom is 0.0794 e. The van der Waals surface area contributed by atoms with E-state index in [0.29, 0.717) is 0 Å². The van der Waals surface area contributed by atoms with E-state index in [1.807, 2.05) is 11.7 Å². The Morgan fingerprint density at radius 2 is 2.71 bits per heavy atom. The molecule has 0 aliphatic rings. The lowest BCUT2D eigenvalue weighted by Crippen LogP contribution is -1.59. The number of rotatable bonds is 1. The Bertz CT molecular complexity index is 126. The Kier molecular flexibility index (Phi) is 2.05. The van der Waals surface area contributed by atoms with Crippen LogP contribution in [0.25, 0.3) is 0 Å². The Hall–Kier alpha value is 0.360. The van der Waals surface area contributed by atoms with E-state index in [9.17, 15) is 0 Å². The van der Waals surface area contributed by atoms with Gasteiger partial charge in [-0.15, -0.1) is 11.3 Å². The van der Waals surface area contributed by atoms with Crippen LogP contribution in [-0.2, 0) is 4.43 Å². The molecule has 0 amide bonds. The Labute approximate surface area is 59.9 Å². The van der Waals surface area contributed by atoms with E-state index in [-0.39, 0.29) is 0 Å². The van der Waals surface area contributed by atoms with Crippen LogP contribution in [0.4, 0.5) is 0 Å². The van der Waals surface area contributed by atoms with E-state index in [1.165, 1.54) is 4.88 Å². The predicted molar refractivity (Wildman–Crippen MR) is 39.8 cm³/mol. The van der Waals surface area contributed by atoms with Crippen LogP contribution < -0.4 is 0 Å². The van der Waals surface area contributed by atoms with Crippen molar-refractivity contribution in [2.75, 3.05) is 0 Å². The van der Waals surface area contributed by atoms with Crippen LogP contribution in [0.2, 0.25) is 0 Å². The lowest BCUT2D eigenvalue weighted by molar-refractivity contribution is 1.38. The van der Waals surface area contributed by atoms with Crippen molar-refractivity contribution in [2.45, 2.75) is 4.43 Å². The second-order valence-electron chi connectivity index (χ2n) is 1.10. The van der Waals surface area contributed by atoms with Crippen molar-refractivity contribution < 1.29 is 0 Å². The molecule has 1 nitrogen and oxygen atoms in total. The minimum absolute atomic E-state index is 1.09. The van der Waals surface area contributed by atoms with Crippen molar-refractivity contribution in [1.82, 2.24) is 4.98 Å². The predicted octanol–water partition coefficient (Wildman–Crippen LogP) is 2.08. The van der Waals surface area contributed by atoms with E-state index in [2.05, 4.69) is 27.6 Å². The Balaban J connectivity index is 2.76. The average molecular weight is 225 g/mol. The van der Waals surface area contributed by atoms with Crippen molar-refractivity contribution in [3.05, 3.63) is 16.6 Å². The highest BCUT2D eigenvalue weighted by Crippen LogP contribution is 2.08. The van der Waals surface area contributed by atoms with Gasteiger partial charge in [-0.2, -0.15) is 0 Å². The quantitative estimate of drug-likeness (QED) is 0.526. The smallest absolute Gasteiger partial charge is 0.0794 e. The van der Waals surface area contributed by atoms with E-state index in [1.54, 1.807) is 11.3 Å². The van der Waals surface area contributed by atoms with E-state index in [0.717, 1.165) is 4.43 Å². The molecule has 0 aliphatic carbocycles. The van der Waals surface area contributed by atoms with Crippen LogP contribution in [0.3, 0.4) is 0 Å². The molecule has 0 fully saturated rings. The molecule has 0 saturated heterocycles. The van der Waals surface area contributed by atoms with Crippen molar-refractivity contribution in [2.24, 2.45) is 0 Å². The second kappa shape index (κ2) is 2.61. The monoisotopic (exact) mass is 225 g/mol. The number of aromatic nitrogens is 1. The topological polar surface area (TPSA) is 12.9 Å². The molecule has 0 aromatic carbocycles. The molecule has 0 saturated carbocycles. The van der Waals surface area contributed by atoms with Gasteiger partial charge < -0.3 is 0 Å². The number of hydrogen-bond acceptors (Lipinski definition) is 2. The molecule has 0 N–H and O–H groups in total. The fourth-order valence-corrected chi connectivity index (χ4v) is 1.49. The summed E-state index contributed by atoms with van der Waals surface area (Å²) in [6.07, 6.45) is 1.90. The minimum Gasteiger partial charge on any atom is -0.253 e. The summed E-state index contributed by atoms with van der Waals surface area (Å²) in [6, 6.07) is 0. The number of alkyl halides is 1. The van der Waals surface area contributed by atoms with E-state index >= 15 is 0 Å². The van der Waals surface area contributed by atoms with Gasteiger partial charge in [-0.1, -0.05) is 22.6 Å². The van der Waals surface area contributed by atoms with Gasteiger partial charge in [0.2, 0.25) is 0 Å². The first-order valence-corrected chi connectivity index (χ1v) is 4.27. The van der Waals surface area contributed by atoms with Crippen molar-refractivity contribution in [3.8, 4) is 0 Å². The van der Waals surface area contributed by atoms with Crippen molar-refractivity contribution in [3.63, 3.8) is 0 Å². The third-order valence-electron chi connectivity index (χ3n) is 0.615. The third-order valence-corrected chi connectivity index (χ3v) is 2.73. The largest absolute Gasteiger partial charge is 0.253 e. The summed E-state index contributed by atoms with van der Waals surface area (Å²) in [6.45, 7) is 0. The Morgan fingerprint density at radius 3 is 3.00 bits per heavy atom. The summed E-state index contributed by atoms with van der Waals surface area (Å²) in [5.41, 5.74) is 1.86. The molecule has 0 aliphatic heterocycles. The number of hydrogen-bond donors (Lipinski definition) is 0. The van der Waals surface area contributed by atoms with Crippen molar-refractivity contribution in [1.29, 1.82) is 0 Å². The maximum atomic E-state index is 3.91. The fourth-order valence-electron chi connectivity index (χ4n) is 0.308. The lowest BCUT2D eigenvalue weighted by Gasteiger charge is -1.74. The van der Waals surface area contributed by atoms with Gasteiger partial charge in [-0.05, 0) is 0 Å². The normalized spacial score (nSPS) is 9.29. The molecule has 1 rings (SSSR count). The zero-order valence-electron chi connectivity index (χ0n) is 3.60. The van der Waals surface area contributed by atoms with Crippen LogP contribution in [-0.4, -0.2) is 4.98 Å². The molecule has 1 heterocycles. The molecule has 0 bridgehead atoms. The zero-order chi connectivity index (χ0) is 5.11. The highest BCUT2D eigenvalue weighted by molar-refractivity contribution is 14.1. The first-order valence-electron chi connectivity index (χ1n) is 1.87. The standard InChI is InChI=1S/C4H4INS/c5-1-4-2-6-3-7-4/h2-3H,1H2. The molecule has 1 aromatic rings. The van der Waals surface area contributed by atoms with Crippen molar-refractivity contribution >= 4 is 33.9 Å². The van der Waals surface area contributed by atoms with Gasteiger partial charge in [0.1, 0.15) is 0 Å². The van der Waals surface area contributed by atoms with Gasteiger partial charge >= 0.3 is 0 Å². The molecular weight excluding hydrogens is 221 g/mol. The molecule has 0 radical (unpaired) electrons.